The Bertz CT molecular complexity index is 1100. The van der Waals surface area contributed by atoms with Gasteiger partial charge in [0, 0.05) is 16.9 Å². The van der Waals surface area contributed by atoms with Crippen LogP contribution in [0.25, 0.3) is 10.2 Å². The van der Waals surface area contributed by atoms with Crippen LogP contribution in [0.5, 0.6) is 5.75 Å². The first-order chi connectivity index (χ1) is 13.7. The smallest absolute Gasteiger partial charge is 0.257 e. The standard InChI is InChI=1S/C21H17N3O2S2/c25-20(24-21-23-16-3-1-2-4-18(16)28-21)14-7-9-15(10-8-14)26-11-19-22-17(12-27-19)13-5-6-13/h1-4,7-10,12-13H,5-6,11H2,(H,23,24,25). The van der Waals surface area contributed by atoms with Crippen LogP contribution in [0.1, 0.15) is 39.8 Å². The molecule has 0 bridgehead atoms. The second-order valence-corrected chi connectivity index (χ2v) is 8.67. The van der Waals surface area contributed by atoms with Crippen LogP contribution in [0, 0.1) is 0 Å². The van der Waals surface area contributed by atoms with Gasteiger partial charge in [0.25, 0.3) is 5.91 Å². The maximum Gasteiger partial charge on any atom is 0.257 e. The fraction of sp³-hybridized carbons (Fsp3) is 0.190. The molecule has 0 radical (unpaired) electrons. The fourth-order valence-electron chi connectivity index (χ4n) is 2.90. The number of anilines is 1. The molecule has 140 valence electrons. The van der Waals surface area contributed by atoms with Gasteiger partial charge < -0.3 is 4.74 Å². The van der Waals surface area contributed by atoms with E-state index >= 15 is 0 Å². The lowest BCUT2D eigenvalue weighted by atomic mass is 10.2. The Morgan fingerprint density at radius 1 is 1.11 bits per heavy atom. The van der Waals surface area contributed by atoms with E-state index in [0.717, 1.165) is 21.0 Å². The van der Waals surface area contributed by atoms with Gasteiger partial charge in [0.1, 0.15) is 17.4 Å². The number of fused-ring (bicyclic) bond motifs is 1. The SMILES string of the molecule is O=C(Nc1nc2ccccc2s1)c1ccc(OCc2nc(C3CC3)cs2)cc1. The molecule has 2 heterocycles. The third-order valence-electron chi connectivity index (χ3n) is 4.56. The van der Waals surface area contributed by atoms with E-state index in [2.05, 4.69) is 20.7 Å². The molecule has 1 aliphatic carbocycles. The maximum atomic E-state index is 12.5. The van der Waals surface area contributed by atoms with E-state index in [1.165, 1.54) is 29.9 Å². The number of ether oxygens (including phenoxy) is 1. The number of amides is 1. The third-order valence-corrected chi connectivity index (χ3v) is 6.35. The lowest BCUT2D eigenvalue weighted by molar-refractivity contribution is 0.102. The minimum Gasteiger partial charge on any atom is -0.486 e. The molecule has 5 rings (SSSR count). The van der Waals surface area contributed by atoms with Gasteiger partial charge in [-0.15, -0.1) is 11.3 Å². The van der Waals surface area contributed by atoms with Gasteiger partial charge in [0.2, 0.25) is 0 Å². The first-order valence-electron chi connectivity index (χ1n) is 9.09. The third kappa shape index (κ3) is 3.76. The maximum absolute atomic E-state index is 12.5. The van der Waals surface area contributed by atoms with Gasteiger partial charge in [-0.05, 0) is 49.2 Å². The summed E-state index contributed by atoms with van der Waals surface area (Å²) in [7, 11) is 0. The molecule has 1 fully saturated rings. The van der Waals surface area contributed by atoms with E-state index < -0.39 is 0 Å². The van der Waals surface area contributed by atoms with Crippen LogP contribution in [-0.4, -0.2) is 15.9 Å². The zero-order chi connectivity index (χ0) is 18.9. The zero-order valence-electron chi connectivity index (χ0n) is 14.9. The van der Waals surface area contributed by atoms with Crippen molar-refractivity contribution in [3.8, 4) is 5.75 Å². The predicted molar refractivity (Wildman–Crippen MR) is 112 cm³/mol. The molecule has 2 aromatic carbocycles. The normalized spacial score (nSPS) is 13.6. The highest BCUT2D eigenvalue weighted by Crippen LogP contribution is 2.40. The average molecular weight is 408 g/mol. The zero-order valence-corrected chi connectivity index (χ0v) is 16.6. The highest BCUT2D eigenvalue weighted by Gasteiger charge is 2.26. The number of nitrogens with one attached hydrogen (secondary N) is 1. The molecule has 2 aromatic heterocycles. The Balaban J connectivity index is 1.20. The minimum atomic E-state index is -0.181. The molecular weight excluding hydrogens is 390 g/mol. The van der Waals surface area contributed by atoms with Gasteiger partial charge in [-0.3, -0.25) is 10.1 Å². The summed E-state index contributed by atoms with van der Waals surface area (Å²) >= 11 is 3.11. The number of para-hydroxylation sites is 1. The Hall–Kier alpha value is -2.77. The summed E-state index contributed by atoms with van der Waals surface area (Å²) in [6, 6.07) is 15.0. The molecule has 7 heteroatoms. The molecule has 1 N–H and O–H groups in total. The molecule has 4 aromatic rings. The van der Waals surface area contributed by atoms with Crippen LogP contribution >= 0.6 is 22.7 Å². The van der Waals surface area contributed by atoms with Crippen LogP contribution < -0.4 is 10.1 Å². The Labute approximate surface area is 170 Å². The molecule has 28 heavy (non-hydrogen) atoms. The van der Waals surface area contributed by atoms with Crippen molar-refractivity contribution in [1.29, 1.82) is 0 Å². The van der Waals surface area contributed by atoms with Crippen molar-refractivity contribution in [2.24, 2.45) is 0 Å². The van der Waals surface area contributed by atoms with Crippen LogP contribution in [0.4, 0.5) is 5.13 Å². The summed E-state index contributed by atoms with van der Waals surface area (Å²) in [4.78, 5) is 21.5. The number of aromatic nitrogens is 2. The first-order valence-corrected chi connectivity index (χ1v) is 10.8. The quantitative estimate of drug-likeness (QED) is 0.461. The summed E-state index contributed by atoms with van der Waals surface area (Å²) in [6.07, 6.45) is 2.51. The number of carbonyl (C=O) groups excluding carboxylic acids is 1. The second kappa shape index (κ2) is 7.33. The van der Waals surface area contributed by atoms with Gasteiger partial charge in [0.05, 0.1) is 15.9 Å². The van der Waals surface area contributed by atoms with Crippen LogP contribution in [0.15, 0.2) is 53.9 Å². The lowest BCUT2D eigenvalue weighted by Gasteiger charge is -2.06. The molecule has 0 aliphatic heterocycles. The summed E-state index contributed by atoms with van der Waals surface area (Å²) in [5.41, 5.74) is 2.65. The first kappa shape index (κ1) is 17.3. The van der Waals surface area contributed by atoms with Gasteiger partial charge in [-0.1, -0.05) is 23.5 Å². The lowest BCUT2D eigenvalue weighted by Crippen LogP contribution is -2.11. The molecule has 5 nitrogen and oxygen atoms in total. The summed E-state index contributed by atoms with van der Waals surface area (Å²) in [5.74, 6) is 1.21. The Morgan fingerprint density at radius 2 is 1.93 bits per heavy atom. The van der Waals surface area contributed by atoms with E-state index in [1.54, 1.807) is 23.5 Å². The highest BCUT2D eigenvalue weighted by molar-refractivity contribution is 7.22. The number of hydrogen-bond donors (Lipinski definition) is 1. The molecule has 1 aliphatic rings. The average Bonchev–Trinajstić information content (AvgIpc) is 3.32. The second-order valence-electron chi connectivity index (χ2n) is 6.69. The van der Waals surface area contributed by atoms with Crippen molar-refractivity contribution in [3.05, 3.63) is 70.2 Å². The minimum absolute atomic E-state index is 0.181. The molecule has 0 spiro atoms. The monoisotopic (exact) mass is 407 g/mol. The van der Waals surface area contributed by atoms with Crippen molar-refractivity contribution in [1.82, 2.24) is 9.97 Å². The van der Waals surface area contributed by atoms with E-state index in [0.29, 0.717) is 23.2 Å². The van der Waals surface area contributed by atoms with E-state index in [1.807, 2.05) is 36.4 Å². The van der Waals surface area contributed by atoms with Gasteiger partial charge in [-0.25, -0.2) is 9.97 Å². The van der Waals surface area contributed by atoms with Crippen LogP contribution in [0.3, 0.4) is 0 Å². The fourth-order valence-corrected chi connectivity index (χ4v) is 4.55. The van der Waals surface area contributed by atoms with E-state index in [9.17, 15) is 4.79 Å². The molecule has 0 unspecified atom stereocenters. The number of rotatable bonds is 6. The van der Waals surface area contributed by atoms with Crippen LogP contribution in [0.2, 0.25) is 0 Å². The number of carbonyl (C=O) groups is 1. The van der Waals surface area contributed by atoms with Gasteiger partial charge >= 0.3 is 0 Å². The Morgan fingerprint density at radius 3 is 2.71 bits per heavy atom. The van der Waals surface area contributed by atoms with Gasteiger partial charge in [0.15, 0.2) is 5.13 Å². The topological polar surface area (TPSA) is 64.1 Å². The number of hydrogen-bond acceptors (Lipinski definition) is 6. The molecule has 0 saturated heterocycles. The van der Waals surface area contributed by atoms with E-state index in [4.69, 9.17) is 4.74 Å². The highest BCUT2D eigenvalue weighted by atomic mass is 32.1. The van der Waals surface area contributed by atoms with E-state index in [-0.39, 0.29) is 5.91 Å². The summed E-state index contributed by atoms with van der Waals surface area (Å²) in [5, 5.41) is 6.58. The summed E-state index contributed by atoms with van der Waals surface area (Å²) < 4.78 is 6.85. The van der Waals surface area contributed by atoms with Crippen molar-refractivity contribution in [2.75, 3.05) is 5.32 Å². The summed E-state index contributed by atoms with van der Waals surface area (Å²) in [6.45, 7) is 0.453. The largest absolute Gasteiger partial charge is 0.486 e. The van der Waals surface area contributed by atoms with Crippen LogP contribution in [-0.2, 0) is 6.61 Å². The Kier molecular flexibility index (Phi) is 4.54. The van der Waals surface area contributed by atoms with Crippen molar-refractivity contribution in [2.45, 2.75) is 25.4 Å². The number of thiazole rings is 2. The van der Waals surface area contributed by atoms with Crippen molar-refractivity contribution < 1.29 is 9.53 Å². The van der Waals surface area contributed by atoms with Crippen molar-refractivity contribution in [3.63, 3.8) is 0 Å². The molecule has 0 atom stereocenters. The molecule has 1 amide bonds. The molecular formula is C21H17N3O2S2. The van der Waals surface area contributed by atoms with Crippen molar-refractivity contribution >= 4 is 43.9 Å². The number of benzene rings is 2. The van der Waals surface area contributed by atoms with Gasteiger partial charge in [-0.2, -0.15) is 0 Å². The predicted octanol–water partition coefficient (Wildman–Crippen LogP) is 5.46. The number of nitrogens with zero attached hydrogens (tertiary/aromatic N) is 2. The molecule has 1 saturated carbocycles.